The number of benzene rings is 1. The Kier molecular flexibility index (Phi) is 6.45. The SMILES string of the molecule is C[C@@H](NC(=O)[C@H]1C[C@@H]1COc1ccc(C#N)cc1)c1ccc(OCC(F)(F)F)cn1. The fraction of sp³-hybridized carbons (Fsp3) is 0.381. The minimum absolute atomic E-state index is 0.0109. The number of alkyl halides is 3. The highest BCUT2D eigenvalue weighted by molar-refractivity contribution is 5.81. The van der Waals surface area contributed by atoms with Crippen LogP contribution in [0.25, 0.3) is 0 Å². The number of nitrogens with one attached hydrogen (secondary N) is 1. The average Bonchev–Trinajstić information content (AvgIpc) is 3.51. The van der Waals surface area contributed by atoms with Gasteiger partial charge in [0.2, 0.25) is 5.91 Å². The van der Waals surface area contributed by atoms with Crippen molar-refractivity contribution in [2.75, 3.05) is 13.2 Å². The third-order valence-corrected chi connectivity index (χ3v) is 4.67. The molecule has 3 rings (SSSR count). The van der Waals surface area contributed by atoms with Crippen molar-refractivity contribution in [3.8, 4) is 17.6 Å². The van der Waals surface area contributed by atoms with Crippen molar-refractivity contribution in [3.63, 3.8) is 0 Å². The van der Waals surface area contributed by atoms with Gasteiger partial charge in [0.05, 0.1) is 36.2 Å². The van der Waals surface area contributed by atoms with Crippen LogP contribution < -0.4 is 14.8 Å². The fourth-order valence-corrected chi connectivity index (χ4v) is 2.87. The Bertz CT molecular complexity index is 908. The molecule has 0 spiro atoms. The zero-order valence-electron chi connectivity index (χ0n) is 16.1. The molecule has 1 aromatic carbocycles. The van der Waals surface area contributed by atoms with E-state index in [0.29, 0.717) is 30.0 Å². The highest BCUT2D eigenvalue weighted by Crippen LogP contribution is 2.39. The lowest BCUT2D eigenvalue weighted by Gasteiger charge is -2.14. The Morgan fingerprint density at radius 1 is 1.23 bits per heavy atom. The summed E-state index contributed by atoms with van der Waals surface area (Å²) in [5.74, 6) is 0.497. The molecule has 0 aliphatic heterocycles. The fourth-order valence-electron chi connectivity index (χ4n) is 2.87. The molecule has 158 valence electrons. The van der Waals surface area contributed by atoms with Crippen LogP contribution in [0.2, 0.25) is 0 Å². The molecule has 2 aromatic rings. The van der Waals surface area contributed by atoms with Gasteiger partial charge in [-0.15, -0.1) is 0 Å². The minimum Gasteiger partial charge on any atom is -0.493 e. The molecule has 0 unspecified atom stereocenters. The molecule has 6 nitrogen and oxygen atoms in total. The zero-order chi connectivity index (χ0) is 21.7. The number of rotatable bonds is 8. The number of carbonyl (C=O) groups is 1. The molecule has 1 aliphatic carbocycles. The molecule has 1 aromatic heterocycles. The first kappa shape index (κ1) is 21.4. The molecule has 30 heavy (non-hydrogen) atoms. The Balaban J connectivity index is 1.43. The molecule has 1 fully saturated rings. The van der Waals surface area contributed by atoms with Crippen LogP contribution in [0.5, 0.6) is 11.5 Å². The van der Waals surface area contributed by atoms with Crippen LogP contribution in [0.3, 0.4) is 0 Å². The van der Waals surface area contributed by atoms with E-state index in [1.807, 2.05) is 6.07 Å². The standard InChI is InChI=1S/C21H20F3N3O3/c1-13(19-7-6-17(10-26-19)30-12-21(22,23)24)27-20(28)18-8-15(18)11-29-16-4-2-14(9-25)3-5-16/h2-7,10,13,15,18H,8,11-12H2,1H3,(H,27,28)/t13-,15-,18+/m1/s1. The van der Waals surface area contributed by atoms with E-state index in [1.165, 1.54) is 18.3 Å². The predicted octanol–water partition coefficient (Wildman–Crippen LogP) is 3.79. The predicted molar refractivity (Wildman–Crippen MR) is 101 cm³/mol. The summed E-state index contributed by atoms with van der Waals surface area (Å²) in [6, 6.07) is 11.3. The molecule has 1 saturated carbocycles. The summed E-state index contributed by atoms with van der Waals surface area (Å²) in [5, 5.41) is 11.6. The molecule has 0 bridgehead atoms. The van der Waals surface area contributed by atoms with Gasteiger partial charge in [-0.1, -0.05) is 0 Å². The second-order valence-electron chi connectivity index (χ2n) is 7.10. The maximum atomic E-state index is 12.4. The number of amides is 1. The van der Waals surface area contributed by atoms with Crippen molar-refractivity contribution >= 4 is 5.91 Å². The van der Waals surface area contributed by atoms with E-state index in [1.54, 1.807) is 31.2 Å². The first-order valence-corrected chi connectivity index (χ1v) is 9.34. The average molecular weight is 419 g/mol. The quantitative estimate of drug-likeness (QED) is 0.704. The molecule has 9 heteroatoms. The van der Waals surface area contributed by atoms with E-state index in [9.17, 15) is 18.0 Å². The van der Waals surface area contributed by atoms with Crippen LogP contribution in [0.1, 0.15) is 30.6 Å². The second-order valence-corrected chi connectivity index (χ2v) is 7.10. The number of halogens is 3. The lowest BCUT2D eigenvalue weighted by molar-refractivity contribution is -0.153. The molecule has 3 atom stereocenters. The maximum Gasteiger partial charge on any atom is 0.422 e. The summed E-state index contributed by atoms with van der Waals surface area (Å²) in [5.41, 5.74) is 1.07. The highest BCUT2D eigenvalue weighted by Gasteiger charge is 2.43. The van der Waals surface area contributed by atoms with Crippen molar-refractivity contribution < 1.29 is 27.4 Å². The van der Waals surface area contributed by atoms with Crippen molar-refractivity contribution in [2.24, 2.45) is 11.8 Å². The summed E-state index contributed by atoms with van der Waals surface area (Å²) < 4.78 is 46.8. The molecule has 1 heterocycles. The second kappa shape index (κ2) is 9.03. The van der Waals surface area contributed by atoms with Gasteiger partial charge in [0.15, 0.2) is 6.61 Å². The van der Waals surface area contributed by atoms with Crippen LogP contribution in [-0.2, 0) is 4.79 Å². The summed E-state index contributed by atoms with van der Waals surface area (Å²) >= 11 is 0. The number of hydrogen-bond acceptors (Lipinski definition) is 5. The van der Waals surface area contributed by atoms with Crippen molar-refractivity contribution in [3.05, 3.63) is 53.9 Å². The smallest absolute Gasteiger partial charge is 0.422 e. The van der Waals surface area contributed by atoms with Crippen LogP contribution in [-0.4, -0.2) is 30.3 Å². The van der Waals surface area contributed by atoms with E-state index in [2.05, 4.69) is 15.0 Å². The molecule has 0 radical (unpaired) electrons. The van der Waals surface area contributed by atoms with Gasteiger partial charge in [-0.25, -0.2) is 0 Å². The van der Waals surface area contributed by atoms with Gasteiger partial charge in [0.25, 0.3) is 0 Å². The normalized spacial score (nSPS) is 18.8. The van der Waals surface area contributed by atoms with Crippen LogP contribution in [0, 0.1) is 23.2 Å². The molecular formula is C21H20F3N3O3. The van der Waals surface area contributed by atoms with Gasteiger partial charge < -0.3 is 14.8 Å². The monoisotopic (exact) mass is 419 g/mol. The van der Waals surface area contributed by atoms with Crippen LogP contribution in [0.15, 0.2) is 42.6 Å². The zero-order valence-corrected chi connectivity index (χ0v) is 16.1. The summed E-state index contributed by atoms with van der Waals surface area (Å²) in [6.45, 7) is 0.775. The number of aromatic nitrogens is 1. The molecular weight excluding hydrogens is 399 g/mol. The summed E-state index contributed by atoms with van der Waals surface area (Å²) in [6.07, 6.45) is -2.49. The van der Waals surface area contributed by atoms with Gasteiger partial charge in [0, 0.05) is 11.8 Å². The molecule has 1 amide bonds. The third kappa shape index (κ3) is 6.11. The Labute approximate surface area is 171 Å². The Hall–Kier alpha value is -3.28. The number of carbonyl (C=O) groups excluding carboxylic acids is 1. The summed E-state index contributed by atoms with van der Waals surface area (Å²) in [7, 11) is 0. The van der Waals surface area contributed by atoms with E-state index in [0.717, 1.165) is 0 Å². The van der Waals surface area contributed by atoms with E-state index < -0.39 is 18.8 Å². The first-order valence-electron chi connectivity index (χ1n) is 9.34. The van der Waals surface area contributed by atoms with Crippen molar-refractivity contribution in [1.82, 2.24) is 10.3 Å². The van der Waals surface area contributed by atoms with E-state index >= 15 is 0 Å². The van der Waals surface area contributed by atoms with Gasteiger partial charge in [-0.3, -0.25) is 9.78 Å². The van der Waals surface area contributed by atoms with Gasteiger partial charge in [0.1, 0.15) is 11.5 Å². The van der Waals surface area contributed by atoms with Gasteiger partial charge >= 0.3 is 6.18 Å². The first-order chi connectivity index (χ1) is 14.2. The topological polar surface area (TPSA) is 84.2 Å². The van der Waals surface area contributed by atoms with Crippen molar-refractivity contribution in [2.45, 2.75) is 25.6 Å². The third-order valence-electron chi connectivity index (χ3n) is 4.67. The number of hydrogen-bond donors (Lipinski definition) is 1. The maximum absolute atomic E-state index is 12.4. The largest absolute Gasteiger partial charge is 0.493 e. The van der Waals surface area contributed by atoms with Gasteiger partial charge in [-0.05, 0) is 49.7 Å². The highest BCUT2D eigenvalue weighted by atomic mass is 19.4. The Morgan fingerprint density at radius 2 is 1.93 bits per heavy atom. The number of nitriles is 1. The van der Waals surface area contributed by atoms with Gasteiger partial charge in [-0.2, -0.15) is 18.4 Å². The lowest BCUT2D eigenvalue weighted by atomic mass is 10.2. The van der Waals surface area contributed by atoms with Crippen LogP contribution >= 0.6 is 0 Å². The Morgan fingerprint density at radius 3 is 2.53 bits per heavy atom. The number of nitrogens with zero attached hydrogens (tertiary/aromatic N) is 2. The number of pyridine rings is 1. The van der Waals surface area contributed by atoms with E-state index in [4.69, 9.17) is 10.00 Å². The van der Waals surface area contributed by atoms with Crippen LogP contribution in [0.4, 0.5) is 13.2 Å². The molecule has 0 saturated heterocycles. The number of ether oxygens (including phenoxy) is 2. The summed E-state index contributed by atoms with van der Waals surface area (Å²) in [4.78, 5) is 16.5. The van der Waals surface area contributed by atoms with Crippen molar-refractivity contribution in [1.29, 1.82) is 5.26 Å². The van der Waals surface area contributed by atoms with E-state index in [-0.39, 0.29) is 23.5 Å². The molecule has 1 N–H and O–H groups in total. The molecule has 1 aliphatic rings. The lowest BCUT2D eigenvalue weighted by Crippen LogP contribution is -2.29. The minimum atomic E-state index is -4.41.